The Morgan fingerprint density at radius 3 is 2.16 bits per heavy atom. The molecular weight excluding hydrogens is 376 g/mol. The van der Waals surface area contributed by atoms with E-state index in [1.165, 1.54) is 11.4 Å². The Morgan fingerprint density at radius 1 is 0.920 bits per heavy atom. The molecule has 0 unspecified atom stereocenters. The number of piperazine rings is 1. The number of hydrogen-bond acceptors (Lipinski definition) is 3. The first-order chi connectivity index (χ1) is 12.1. The summed E-state index contributed by atoms with van der Waals surface area (Å²) in [4.78, 5) is 13.0. The Labute approximate surface area is 157 Å². The lowest BCUT2D eigenvalue weighted by molar-refractivity contribution is 0.654. The quantitative estimate of drug-likeness (QED) is 0.689. The molecule has 0 spiro atoms. The minimum atomic E-state index is 0.422. The second kappa shape index (κ2) is 6.71. The van der Waals surface area contributed by atoms with Crippen LogP contribution in [0.1, 0.15) is 25.6 Å². The lowest BCUT2D eigenvalue weighted by atomic mass is 10.2. The summed E-state index contributed by atoms with van der Waals surface area (Å²) < 4.78 is 1.13. The van der Waals surface area contributed by atoms with Crippen molar-refractivity contribution in [1.82, 2.24) is 9.97 Å². The zero-order valence-corrected chi connectivity index (χ0v) is 16.3. The maximum absolute atomic E-state index is 4.67. The second-order valence-corrected chi connectivity index (χ2v) is 7.84. The Morgan fingerprint density at radius 2 is 1.52 bits per heavy atom. The van der Waals surface area contributed by atoms with E-state index in [4.69, 9.17) is 0 Å². The maximum Gasteiger partial charge on any atom is 0.109 e. The summed E-state index contributed by atoms with van der Waals surface area (Å²) >= 11 is 3.51. The van der Waals surface area contributed by atoms with Gasteiger partial charge in [0.25, 0.3) is 0 Å². The highest BCUT2D eigenvalue weighted by molar-refractivity contribution is 9.10. The van der Waals surface area contributed by atoms with Crippen molar-refractivity contribution in [2.75, 3.05) is 36.0 Å². The SMILES string of the molecule is CC(C)c1nc2ccc(N3CCN(c4ccc(Br)cc4)CC3)cc2[nH]1. The highest BCUT2D eigenvalue weighted by Gasteiger charge is 2.18. The number of anilines is 2. The largest absolute Gasteiger partial charge is 0.368 e. The Balaban J connectivity index is 1.48. The van der Waals surface area contributed by atoms with Crippen molar-refractivity contribution in [3.8, 4) is 0 Å². The van der Waals surface area contributed by atoms with Crippen LogP contribution in [0.5, 0.6) is 0 Å². The summed E-state index contributed by atoms with van der Waals surface area (Å²) in [6.45, 7) is 8.49. The molecule has 1 saturated heterocycles. The van der Waals surface area contributed by atoms with E-state index in [1.54, 1.807) is 0 Å². The molecule has 3 aromatic rings. The van der Waals surface area contributed by atoms with Crippen molar-refractivity contribution in [1.29, 1.82) is 0 Å². The zero-order valence-electron chi connectivity index (χ0n) is 14.7. The number of aromatic nitrogens is 2. The third kappa shape index (κ3) is 3.38. The van der Waals surface area contributed by atoms with Crippen LogP contribution in [0.15, 0.2) is 46.9 Å². The molecular formula is C20H23BrN4. The van der Waals surface area contributed by atoms with Crippen LogP contribution < -0.4 is 9.80 Å². The van der Waals surface area contributed by atoms with Gasteiger partial charge in [0.05, 0.1) is 11.0 Å². The van der Waals surface area contributed by atoms with Crippen LogP contribution in [0, 0.1) is 0 Å². The average Bonchev–Trinajstić information content (AvgIpc) is 3.06. The third-order valence-electron chi connectivity index (χ3n) is 4.87. The van der Waals surface area contributed by atoms with E-state index in [2.05, 4.69) is 92.0 Å². The van der Waals surface area contributed by atoms with Gasteiger partial charge in [-0.05, 0) is 42.5 Å². The normalized spacial score (nSPS) is 15.4. The summed E-state index contributed by atoms with van der Waals surface area (Å²) in [6, 6.07) is 15.2. The number of halogens is 1. The fourth-order valence-corrected chi connectivity index (χ4v) is 3.63. The van der Waals surface area contributed by atoms with Crippen LogP contribution in [-0.2, 0) is 0 Å². The first-order valence-electron chi connectivity index (χ1n) is 8.85. The molecule has 1 N–H and O–H groups in total. The number of hydrogen-bond donors (Lipinski definition) is 1. The van der Waals surface area contributed by atoms with E-state index in [-0.39, 0.29) is 0 Å². The minimum Gasteiger partial charge on any atom is -0.368 e. The van der Waals surface area contributed by atoms with Gasteiger partial charge < -0.3 is 14.8 Å². The maximum atomic E-state index is 4.67. The first kappa shape index (κ1) is 16.5. The van der Waals surface area contributed by atoms with Crippen molar-refractivity contribution in [3.05, 3.63) is 52.8 Å². The third-order valence-corrected chi connectivity index (χ3v) is 5.40. The number of nitrogens with one attached hydrogen (secondary N) is 1. The number of rotatable bonds is 3. The van der Waals surface area contributed by atoms with Gasteiger partial charge in [0.2, 0.25) is 0 Å². The molecule has 5 heteroatoms. The minimum absolute atomic E-state index is 0.422. The van der Waals surface area contributed by atoms with Gasteiger partial charge in [0.15, 0.2) is 0 Å². The lowest BCUT2D eigenvalue weighted by Gasteiger charge is -2.37. The zero-order chi connectivity index (χ0) is 17.4. The fourth-order valence-electron chi connectivity index (χ4n) is 3.36. The van der Waals surface area contributed by atoms with Gasteiger partial charge in [-0.25, -0.2) is 4.98 Å². The molecule has 1 aromatic heterocycles. The van der Waals surface area contributed by atoms with Gasteiger partial charge >= 0.3 is 0 Å². The van der Waals surface area contributed by atoms with Gasteiger partial charge in [-0.15, -0.1) is 0 Å². The molecule has 2 heterocycles. The Bertz CT molecular complexity index is 861. The van der Waals surface area contributed by atoms with E-state index >= 15 is 0 Å². The summed E-state index contributed by atoms with van der Waals surface area (Å²) in [7, 11) is 0. The lowest BCUT2D eigenvalue weighted by Crippen LogP contribution is -2.46. The summed E-state index contributed by atoms with van der Waals surface area (Å²) in [6.07, 6.45) is 0. The van der Waals surface area contributed by atoms with Gasteiger partial charge in [-0.1, -0.05) is 29.8 Å². The number of imidazole rings is 1. The first-order valence-corrected chi connectivity index (χ1v) is 9.64. The predicted molar refractivity (Wildman–Crippen MR) is 109 cm³/mol. The monoisotopic (exact) mass is 398 g/mol. The van der Waals surface area contributed by atoms with E-state index < -0.39 is 0 Å². The van der Waals surface area contributed by atoms with Crippen molar-refractivity contribution >= 4 is 38.3 Å². The van der Waals surface area contributed by atoms with Crippen molar-refractivity contribution < 1.29 is 0 Å². The number of fused-ring (bicyclic) bond motifs is 1. The van der Waals surface area contributed by atoms with Crippen LogP contribution in [0.3, 0.4) is 0 Å². The molecule has 0 atom stereocenters. The number of nitrogens with zero attached hydrogens (tertiary/aromatic N) is 3. The Kier molecular flexibility index (Phi) is 4.42. The molecule has 0 amide bonds. The molecule has 130 valence electrons. The topological polar surface area (TPSA) is 35.2 Å². The van der Waals surface area contributed by atoms with E-state index in [0.29, 0.717) is 5.92 Å². The number of H-pyrrole nitrogens is 1. The molecule has 0 saturated carbocycles. The van der Waals surface area contributed by atoms with Crippen molar-refractivity contribution in [3.63, 3.8) is 0 Å². The molecule has 2 aromatic carbocycles. The van der Waals surface area contributed by atoms with Crippen LogP contribution in [0.25, 0.3) is 11.0 Å². The van der Waals surface area contributed by atoms with E-state index in [1.807, 2.05) is 0 Å². The average molecular weight is 399 g/mol. The highest BCUT2D eigenvalue weighted by atomic mass is 79.9. The molecule has 25 heavy (non-hydrogen) atoms. The number of aromatic amines is 1. The molecule has 0 aliphatic carbocycles. The van der Waals surface area contributed by atoms with Crippen LogP contribution in [0.4, 0.5) is 11.4 Å². The van der Waals surface area contributed by atoms with Gasteiger partial charge in [0.1, 0.15) is 5.82 Å². The van der Waals surface area contributed by atoms with Crippen molar-refractivity contribution in [2.24, 2.45) is 0 Å². The molecule has 1 aliphatic heterocycles. The fraction of sp³-hybridized carbons (Fsp3) is 0.350. The predicted octanol–water partition coefficient (Wildman–Crippen LogP) is 4.78. The van der Waals surface area contributed by atoms with Crippen LogP contribution >= 0.6 is 15.9 Å². The molecule has 4 nitrogen and oxygen atoms in total. The van der Waals surface area contributed by atoms with E-state index in [9.17, 15) is 0 Å². The smallest absolute Gasteiger partial charge is 0.109 e. The van der Waals surface area contributed by atoms with Crippen LogP contribution in [0.2, 0.25) is 0 Å². The van der Waals surface area contributed by atoms with Gasteiger partial charge in [-0.2, -0.15) is 0 Å². The van der Waals surface area contributed by atoms with Gasteiger partial charge in [0, 0.05) is 47.9 Å². The summed E-state index contributed by atoms with van der Waals surface area (Å²) in [5.41, 5.74) is 4.77. The summed E-state index contributed by atoms with van der Waals surface area (Å²) in [5, 5.41) is 0. The standard InChI is InChI=1S/C20H23BrN4/c1-14(2)20-22-18-8-7-17(13-19(18)23-20)25-11-9-24(10-12-25)16-5-3-15(21)4-6-16/h3-8,13-14H,9-12H2,1-2H3,(H,22,23). The molecule has 0 bridgehead atoms. The Hall–Kier alpha value is -2.01. The molecule has 1 aliphatic rings. The van der Waals surface area contributed by atoms with Crippen molar-refractivity contribution in [2.45, 2.75) is 19.8 Å². The highest BCUT2D eigenvalue weighted by Crippen LogP contribution is 2.25. The van der Waals surface area contributed by atoms with Gasteiger partial charge in [-0.3, -0.25) is 0 Å². The molecule has 4 rings (SSSR count). The molecule has 0 radical (unpaired) electrons. The number of benzene rings is 2. The van der Waals surface area contributed by atoms with Crippen LogP contribution in [-0.4, -0.2) is 36.1 Å². The molecule has 1 fully saturated rings. The van der Waals surface area contributed by atoms with E-state index in [0.717, 1.165) is 47.5 Å². The summed E-state index contributed by atoms with van der Waals surface area (Å²) in [5.74, 6) is 1.48. The second-order valence-electron chi connectivity index (χ2n) is 6.93.